The molecule has 3 heteroatoms. The number of rotatable bonds is 4. The Balaban J connectivity index is 1.52. The minimum atomic E-state index is 0.757. The van der Waals surface area contributed by atoms with Crippen molar-refractivity contribution in [3.63, 3.8) is 0 Å². The fourth-order valence-electron chi connectivity index (χ4n) is 3.06. The average molecular weight is 269 g/mol. The number of hydrogen-bond acceptors (Lipinski definition) is 3. The monoisotopic (exact) mass is 269 g/mol. The zero-order chi connectivity index (χ0) is 13.8. The highest BCUT2D eigenvalue weighted by Crippen LogP contribution is 2.30. The maximum Gasteiger partial charge on any atom is 0.223 e. The molecular formula is C17H23N3. The van der Waals surface area contributed by atoms with E-state index in [1.54, 1.807) is 0 Å². The third-order valence-electron chi connectivity index (χ3n) is 4.46. The number of fused-ring (bicyclic) bond motifs is 1. The Bertz CT molecular complexity index is 559. The van der Waals surface area contributed by atoms with Gasteiger partial charge in [0, 0.05) is 18.1 Å². The van der Waals surface area contributed by atoms with Crippen LogP contribution in [0.5, 0.6) is 0 Å². The molecule has 0 unspecified atom stereocenters. The van der Waals surface area contributed by atoms with Crippen molar-refractivity contribution in [3.05, 3.63) is 30.5 Å². The molecule has 3 rings (SSSR count). The molecule has 0 spiro atoms. The lowest BCUT2D eigenvalue weighted by Crippen LogP contribution is -2.16. The van der Waals surface area contributed by atoms with Crippen molar-refractivity contribution < 1.29 is 0 Å². The standard InChI is InChI=1S/C17H23N3/c1-13-6-8-14(9-7-13)10-11-18-17-19-12-15-4-2-3-5-16(15)20-17/h2-5,12-14H,6-11H2,1H3,(H,18,19,20). The largest absolute Gasteiger partial charge is 0.354 e. The van der Waals surface area contributed by atoms with Gasteiger partial charge >= 0.3 is 0 Å². The first kappa shape index (κ1) is 13.3. The Morgan fingerprint density at radius 2 is 1.95 bits per heavy atom. The highest BCUT2D eigenvalue weighted by atomic mass is 15.1. The van der Waals surface area contributed by atoms with Gasteiger partial charge in [0.15, 0.2) is 0 Å². The molecule has 0 bridgehead atoms. The van der Waals surface area contributed by atoms with Crippen LogP contribution in [0.3, 0.4) is 0 Å². The van der Waals surface area contributed by atoms with Crippen LogP contribution in [-0.4, -0.2) is 16.5 Å². The molecule has 1 aliphatic carbocycles. The predicted octanol–water partition coefficient (Wildman–Crippen LogP) is 4.26. The first-order chi connectivity index (χ1) is 9.81. The molecule has 0 amide bonds. The van der Waals surface area contributed by atoms with Crippen LogP contribution < -0.4 is 5.32 Å². The van der Waals surface area contributed by atoms with Gasteiger partial charge < -0.3 is 5.32 Å². The van der Waals surface area contributed by atoms with E-state index in [-0.39, 0.29) is 0 Å². The Hall–Kier alpha value is -1.64. The lowest BCUT2D eigenvalue weighted by atomic mass is 9.81. The molecule has 1 saturated carbocycles. The van der Waals surface area contributed by atoms with Gasteiger partial charge in [-0.05, 0) is 24.3 Å². The van der Waals surface area contributed by atoms with Gasteiger partial charge in [0.2, 0.25) is 5.95 Å². The maximum atomic E-state index is 4.55. The Kier molecular flexibility index (Phi) is 4.14. The van der Waals surface area contributed by atoms with E-state index in [0.717, 1.165) is 35.2 Å². The lowest BCUT2D eigenvalue weighted by Gasteiger charge is -2.26. The number of hydrogen-bond donors (Lipinski definition) is 1. The number of para-hydroxylation sites is 1. The molecule has 20 heavy (non-hydrogen) atoms. The fraction of sp³-hybridized carbons (Fsp3) is 0.529. The molecule has 0 radical (unpaired) electrons. The van der Waals surface area contributed by atoms with E-state index < -0.39 is 0 Å². The molecular weight excluding hydrogens is 246 g/mol. The normalized spacial score (nSPS) is 22.9. The van der Waals surface area contributed by atoms with Gasteiger partial charge in [-0.2, -0.15) is 0 Å². The van der Waals surface area contributed by atoms with Gasteiger partial charge in [-0.1, -0.05) is 50.8 Å². The van der Waals surface area contributed by atoms with Crippen molar-refractivity contribution in [3.8, 4) is 0 Å². The summed E-state index contributed by atoms with van der Waals surface area (Å²) in [5.74, 6) is 2.58. The summed E-state index contributed by atoms with van der Waals surface area (Å²) in [5, 5.41) is 4.47. The Labute approximate surface area is 120 Å². The van der Waals surface area contributed by atoms with Crippen molar-refractivity contribution in [1.29, 1.82) is 0 Å². The predicted molar refractivity (Wildman–Crippen MR) is 83.8 cm³/mol. The Morgan fingerprint density at radius 3 is 2.80 bits per heavy atom. The van der Waals surface area contributed by atoms with E-state index in [4.69, 9.17) is 0 Å². The summed E-state index contributed by atoms with van der Waals surface area (Å²) < 4.78 is 0. The maximum absolute atomic E-state index is 4.55. The lowest BCUT2D eigenvalue weighted by molar-refractivity contribution is 0.282. The second-order valence-electron chi connectivity index (χ2n) is 6.09. The van der Waals surface area contributed by atoms with Crippen molar-refractivity contribution in [2.45, 2.75) is 39.0 Å². The molecule has 106 valence electrons. The second kappa shape index (κ2) is 6.21. The number of aromatic nitrogens is 2. The van der Waals surface area contributed by atoms with Gasteiger partial charge in [0.25, 0.3) is 0 Å². The van der Waals surface area contributed by atoms with E-state index in [9.17, 15) is 0 Å². The second-order valence-corrected chi connectivity index (χ2v) is 6.09. The zero-order valence-electron chi connectivity index (χ0n) is 12.2. The highest BCUT2D eigenvalue weighted by molar-refractivity contribution is 5.78. The van der Waals surface area contributed by atoms with Gasteiger partial charge in [0.05, 0.1) is 5.52 Å². The highest BCUT2D eigenvalue weighted by Gasteiger charge is 2.17. The molecule has 1 aromatic heterocycles. The zero-order valence-corrected chi connectivity index (χ0v) is 12.2. The number of nitrogens with one attached hydrogen (secondary N) is 1. The summed E-state index contributed by atoms with van der Waals surface area (Å²) in [6, 6.07) is 8.11. The molecule has 0 saturated heterocycles. The van der Waals surface area contributed by atoms with Crippen LogP contribution in [0.25, 0.3) is 10.9 Å². The molecule has 1 aliphatic rings. The molecule has 0 aliphatic heterocycles. The minimum absolute atomic E-state index is 0.757. The number of anilines is 1. The molecule has 2 aromatic rings. The molecule has 0 atom stereocenters. The minimum Gasteiger partial charge on any atom is -0.354 e. The van der Waals surface area contributed by atoms with E-state index in [0.29, 0.717) is 0 Å². The van der Waals surface area contributed by atoms with Crippen LogP contribution in [0, 0.1) is 11.8 Å². The first-order valence-electron chi connectivity index (χ1n) is 7.77. The van der Waals surface area contributed by atoms with Gasteiger partial charge in [-0.3, -0.25) is 0 Å². The van der Waals surface area contributed by atoms with Crippen LogP contribution in [-0.2, 0) is 0 Å². The van der Waals surface area contributed by atoms with E-state index in [2.05, 4.69) is 22.2 Å². The molecule has 3 nitrogen and oxygen atoms in total. The van der Waals surface area contributed by atoms with Crippen molar-refractivity contribution in [2.75, 3.05) is 11.9 Å². The summed E-state index contributed by atoms with van der Waals surface area (Å²) >= 11 is 0. The summed E-state index contributed by atoms with van der Waals surface area (Å²) in [4.78, 5) is 8.93. The van der Waals surface area contributed by atoms with Gasteiger partial charge in [0.1, 0.15) is 0 Å². The molecule has 1 fully saturated rings. The van der Waals surface area contributed by atoms with E-state index in [1.807, 2.05) is 30.5 Å². The third kappa shape index (κ3) is 3.27. The topological polar surface area (TPSA) is 37.8 Å². The Morgan fingerprint density at radius 1 is 1.15 bits per heavy atom. The quantitative estimate of drug-likeness (QED) is 0.901. The van der Waals surface area contributed by atoms with Crippen LogP contribution >= 0.6 is 0 Å². The van der Waals surface area contributed by atoms with Crippen LogP contribution in [0.15, 0.2) is 30.5 Å². The van der Waals surface area contributed by atoms with E-state index >= 15 is 0 Å². The van der Waals surface area contributed by atoms with Gasteiger partial charge in [-0.15, -0.1) is 0 Å². The third-order valence-corrected chi connectivity index (χ3v) is 4.46. The average Bonchev–Trinajstić information content (AvgIpc) is 2.49. The summed E-state index contributed by atoms with van der Waals surface area (Å²) in [6.07, 6.45) is 8.72. The van der Waals surface area contributed by atoms with Crippen molar-refractivity contribution in [1.82, 2.24) is 9.97 Å². The first-order valence-corrected chi connectivity index (χ1v) is 7.77. The van der Waals surface area contributed by atoms with Crippen LogP contribution in [0.2, 0.25) is 0 Å². The van der Waals surface area contributed by atoms with Crippen LogP contribution in [0.1, 0.15) is 39.0 Å². The molecule has 1 heterocycles. The number of benzene rings is 1. The number of nitrogens with zero attached hydrogens (tertiary/aromatic N) is 2. The van der Waals surface area contributed by atoms with Crippen molar-refractivity contribution in [2.24, 2.45) is 11.8 Å². The summed E-state index contributed by atoms with van der Waals surface area (Å²) in [7, 11) is 0. The van der Waals surface area contributed by atoms with E-state index in [1.165, 1.54) is 32.1 Å². The fourth-order valence-corrected chi connectivity index (χ4v) is 3.06. The van der Waals surface area contributed by atoms with Gasteiger partial charge in [-0.25, -0.2) is 9.97 Å². The van der Waals surface area contributed by atoms with Crippen LogP contribution in [0.4, 0.5) is 5.95 Å². The van der Waals surface area contributed by atoms with Crippen molar-refractivity contribution >= 4 is 16.9 Å². The smallest absolute Gasteiger partial charge is 0.223 e. The summed E-state index contributed by atoms with van der Waals surface area (Å²) in [5.41, 5.74) is 1.01. The summed E-state index contributed by atoms with van der Waals surface area (Å²) in [6.45, 7) is 3.36. The SMILES string of the molecule is CC1CCC(CCNc2ncc3ccccc3n2)CC1. The molecule has 1 aromatic carbocycles. The molecule has 1 N–H and O–H groups in total.